The van der Waals surface area contributed by atoms with Gasteiger partial charge in [0.2, 0.25) is 0 Å². The van der Waals surface area contributed by atoms with Crippen molar-refractivity contribution in [3.8, 4) is 0 Å². The molecule has 2 aliphatic rings. The van der Waals surface area contributed by atoms with Crippen molar-refractivity contribution in [1.29, 1.82) is 0 Å². The molecule has 2 amide bonds. The summed E-state index contributed by atoms with van der Waals surface area (Å²) in [5.41, 5.74) is 0. The van der Waals surface area contributed by atoms with E-state index >= 15 is 0 Å². The van der Waals surface area contributed by atoms with E-state index in [0.29, 0.717) is 0 Å². The average molecular weight is 338 g/mol. The van der Waals surface area contributed by atoms with E-state index in [4.69, 9.17) is 4.74 Å². The predicted octanol–water partition coefficient (Wildman–Crippen LogP) is 2.29. The lowest BCUT2D eigenvalue weighted by molar-refractivity contribution is -0.222. The van der Waals surface area contributed by atoms with Crippen LogP contribution in [0, 0.1) is 5.92 Å². The number of halogens is 3. The van der Waals surface area contributed by atoms with Crippen molar-refractivity contribution in [2.75, 3.05) is 20.2 Å². The lowest BCUT2D eigenvalue weighted by Gasteiger charge is -2.37. The summed E-state index contributed by atoms with van der Waals surface area (Å²) in [6, 6.07) is -0.293. The Hall–Kier alpha value is -1.02. The second-order valence-corrected chi connectivity index (χ2v) is 6.43. The summed E-state index contributed by atoms with van der Waals surface area (Å²) in [5, 5.41) is 12.2. The van der Waals surface area contributed by atoms with Crippen LogP contribution in [-0.2, 0) is 4.74 Å². The maximum Gasteiger partial charge on any atom is 0.414 e. The zero-order valence-electron chi connectivity index (χ0n) is 13.3. The molecule has 0 aromatic heterocycles. The first kappa shape index (κ1) is 18.3. The van der Waals surface area contributed by atoms with Gasteiger partial charge in [-0.15, -0.1) is 0 Å². The summed E-state index contributed by atoms with van der Waals surface area (Å²) < 4.78 is 43.0. The van der Waals surface area contributed by atoms with E-state index in [9.17, 15) is 23.1 Å². The molecule has 0 spiro atoms. The number of alkyl halides is 3. The Bertz CT molecular complexity index is 398. The summed E-state index contributed by atoms with van der Waals surface area (Å²) in [5.74, 6) is -0.833. The molecule has 1 heterocycles. The van der Waals surface area contributed by atoms with Gasteiger partial charge >= 0.3 is 12.2 Å². The summed E-state index contributed by atoms with van der Waals surface area (Å²) in [6.45, 7) is 0.460. The fraction of sp³-hybridized carbons (Fsp3) is 0.933. The zero-order chi connectivity index (χ0) is 17.0. The van der Waals surface area contributed by atoms with Crippen molar-refractivity contribution < 1.29 is 27.8 Å². The highest BCUT2D eigenvalue weighted by atomic mass is 19.4. The van der Waals surface area contributed by atoms with Gasteiger partial charge in [0, 0.05) is 20.2 Å². The number of piperidine rings is 1. The number of hydrogen-bond acceptors (Lipinski definition) is 3. The third kappa shape index (κ3) is 4.73. The standard InChI is InChI=1S/C15H25F3N2O3/c1-23-12-5-3-2-4-11(12)19-14(22)20-8-6-10(7-9-20)13(21)15(16,17)18/h10-13,21H,2-9H2,1H3,(H,19,22). The minimum atomic E-state index is -4.59. The number of rotatable bonds is 3. The van der Waals surface area contributed by atoms with Gasteiger partial charge in [0.1, 0.15) is 0 Å². The Morgan fingerprint density at radius 1 is 1.22 bits per heavy atom. The largest absolute Gasteiger partial charge is 0.414 e. The van der Waals surface area contributed by atoms with Gasteiger partial charge in [-0.2, -0.15) is 13.2 Å². The number of nitrogens with zero attached hydrogens (tertiary/aromatic N) is 1. The molecule has 0 aromatic rings. The van der Waals surface area contributed by atoms with Crippen LogP contribution in [0.1, 0.15) is 38.5 Å². The van der Waals surface area contributed by atoms with Crippen LogP contribution in [0.4, 0.5) is 18.0 Å². The first-order valence-corrected chi connectivity index (χ1v) is 8.16. The number of ether oxygens (including phenoxy) is 1. The van der Waals surface area contributed by atoms with Crippen LogP contribution in [0.3, 0.4) is 0 Å². The van der Waals surface area contributed by atoms with Gasteiger partial charge in [0.15, 0.2) is 6.10 Å². The fourth-order valence-corrected chi connectivity index (χ4v) is 3.48. The molecule has 1 aliphatic heterocycles. The topological polar surface area (TPSA) is 61.8 Å². The molecule has 1 saturated carbocycles. The number of hydrogen-bond donors (Lipinski definition) is 2. The number of likely N-dealkylation sites (tertiary alicyclic amines) is 1. The summed E-state index contributed by atoms with van der Waals surface area (Å²) in [4.78, 5) is 13.8. The molecule has 1 saturated heterocycles. The molecule has 0 bridgehead atoms. The minimum Gasteiger partial charge on any atom is -0.383 e. The van der Waals surface area contributed by atoms with E-state index in [1.54, 1.807) is 7.11 Å². The number of amides is 2. The molecular weight excluding hydrogens is 313 g/mol. The second kappa shape index (κ2) is 7.70. The van der Waals surface area contributed by atoms with Crippen molar-refractivity contribution in [1.82, 2.24) is 10.2 Å². The van der Waals surface area contributed by atoms with E-state index in [1.165, 1.54) is 4.90 Å². The Kier molecular flexibility index (Phi) is 6.13. The molecule has 8 heteroatoms. The van der Waals surface area contributed by atoms with Gasteiger partial charge in [-0.1, -0.05) is 12.8 Å². The van der Waals surface area contributed by atoms with Gasteiger partial charge in [-0.25, -0.2) is 4.79 Å². The highest BCUT2D eigenvalue weighted by Gasteiger charge is 2.44. The van der Waals surface area contributed by atoms with Crippen LogP contribution < -0.4 is 5.32 Å². The zero-order valence-corrected chi connectivity index (χ0v) is 13.3. The van der Waals surface area contributed by atoms with Gasteiger partial charge in [0.25, 0.3) is 0 Å². The number of carbonyl (C=O) groups excluding carboxylic acids is 1. The number of urea groups is 1. The molecule has 2 N–H and O–H groups in total. The van der Waals surface area contributed by atoms with Gasteiger partial charge in [-0.05, 0) is 31.6 Å². The number of aliphatic hydroxyl groups excluding tert-OH is 1. The van der Waals surface area contributed by atoms with Crippen molar-refractivity contribution >= 4 is 6.03 Å². The maximum atomic E-state index is 12.5. The molecule has 2 fully saturated rings. The summed E-state index contributed by atoms with van der Waals surface area (Å²) in [7, 11) is 1.62. The molecule has 134 valence electrons. The number of methoxy groups -OCH3 is 1. The Labute approximate surface area is 134 Å². The summed E-state index contributed by atoms with van der Waals surface area (Å²) >= 11 is 0. The Balaban J connectivity index is 1.81. The highest BCUT2D eigenvalue weighted by molar-refractivity contribution is 5.74. The SMILES string of the molecule is COC1CCCCC1NC(=O)N1CCC(C(O)C(F)(F)F)CC1. The average Bonchev–Trinajstić information content (AvgIpc) is 2.54. The normalized spacial score (nSPS) is 28.5. The third-order valence-corrected chi connectivity index (χ3v) is 4.92. The molecule has 3 unspecified atom stereocenters. The number of carbonyl (C=O) groups is 1. The lowest BCUT2D eigenvalue weighted by atomic mass is 9.90. The number of nitrogens with one attached hydrogen (secondary N) is 1. The van der Waals surface area contributed by atoms with Crippen LogP contribution in [0.15, 0.2) is 0 Å². The van der Waals surface area contributed by atoms with Crippen LogP contribution in [0.2, 0.25) is 0 Å². The summed E-state index contributed by atoms with van der Waals surface area (Å²) in [6.07, 6.45) is -2.71. The quantitative estimate of drug-likeness (QED) is 0.830. The van der Waals surface area contributed by atoms with Crippen molar-refractivity contribution in [2.45, 2.75) is 63.0 Å². The van der Waals surface area contributed by atoms with Crippen LogP contribution in [-0.4, -0.2) is 60.7 Å². The Morgan fingerprint density at radius 2 is 1.83 bits per heavy atom. The van der Waals surface area contributed by atoms with Crippen LogP contribution >= 0.6 is 0 Å². The lowest BCUT2D eigenvalue weighted by Crippen LogP contribution is -2.53. The van der Waals surface area contributed by atoms with Gasteiger partial charge in [-0.3, -0.25) is 0 Å². The molecule has 0 aromatic carbocycles. The van der Waals surface area contributed by atoms with E-state index in [-0.39, 0.29) is 44.1 Å². The smallest absolute Gasteiger partial charge is 0.383 e. The Morgan fingerprint density at radius 3 is 2.39 bits per heavy atom. The molecular formula is C15H25F3N2O3. The molecule has 1 aliphatic carbocycles. The fourth-order valence-electron chi connectivity index (χ4n) is 3.48. The molecule has 2 rings (SSSR count). The van der Waals surface area contributed by atoms with Crippen molar-refractivity contribution in [2.24, 2.45) is 5.92 Å². The maximum absolute atomic E-state index is 12.5. The second-order valence-electron chi connectivity index (χ2n) is 6.43. The minimum absolute atomic E-state index is 0.00251. The monoisotopic (exact) mass is 338 g/mol. The van der Waals surface area contributed by atoms with E-state index in [0.717, 1.165) is 25.7 Å². The molecule has 3 atom stereocenters. The molecule has 0 radical (unpaired) electrons. The highest BCUT2D eigenvalue weighted by Crippen LogP contribution is 2.31. The van der Waals surface area contributed by atoms with Crippen molar-refractivity contribution in [3.63, 3.8) is 0 Å². The predicted molar refractivity (Wildman–Crippen MR) is 77.9 cm³/mol. The van der Waals surface area contributed by atoms with Gasteiger partial charge in [0.05, 0.1) is 12.1 Å². The first-order chi connectivity index (χ1) is 10.8. The van der Waals surface area contributed by atoms with E-state index in [2.05, 4.69) is 5.32 Å². The van der Waals surface area contributed by atoms with Crippen LogP contribution in [0.5, 0.6) is 0 Å². The van der Waals surface area contributed by atoms with Gasteiger partial charge < -0.3 is 20.1 Å². The number of aliphatic hydroxyl groups is 1. The third-order valence-electron chi connectivity index (χ3n) is 4.92. The first-order valence-electron chi connectivity index (χ1n) is 8.16. The molecule has 23 heavy (non-hydrogen) atoms. The molecule has 5 nitrogen and oxygen atoms in total. The van der Waals surface area contributed by atoms with Crippen molar-refractivity contribution in [3.05, 3.63) is 0 Å². The van der Waals surface area contributed by atoms with E-state index < -0.39 is 18.2 Å². The van der Waals surface area contributed by atoms with Crippen LogP contribution in [0.25, 0.3) is 0 Å². The van der Waals surface area contributed by atoms with E-state index in [1.807, 2.05) is 0 Å².